The molecule has 0 aromatic rings. The third-order valence-corrected chi connectivity index (χ3v) is 5.76. The molecule has 1 heterocycles. The Morgan fingerprint density at radius 2 is 2.00 bits per heavy atom. The number of hydrogen-bond donors (Lipinski definition) is 1. The summed E-state index contributed by atoms with van der Waals surface area (Å²) in [5, 5.41) is 3.84. The van der Waals surface area contributed by atoms with Gasteiger partial charge in [0.05, 0.1) is 0 Å². The van der Waals surface area contributed by atoms with E-state index in [1.165, 1.54) is 45.2 Å². The molecule has 124 valence electrons. The largest absolute Gasteiger partial charge is 0.312 e. The summed E-state index contributed by atoms with van der Waals surface area (Å²) in [5.74, 6) is 1.67. The molecule has 1 saturated heterocycles. The molecule has 1 N–H and O–H groups in total. The van der Waals surface area contributed by atoms with Crippen LogP contribution in [0.3, 0.4) is 0 Å². The molecule has 5 unspecified atom stereocenters. The second-order valence-electron chi connectivity index (χ2n) is 7.82. The Hall–Kier alpha value is -0.120. The van der Waals surface area contributed by atoms with Gasteiger partial charge in [-0.3, -0.25) is 0 Å². The molecular formula is C18H37N3. The molecular weight excluding hydrogens is 258 g/mol. The van der Waals surface area contributed by atoms with Gasteiger partial charge in [-0.2, -0.15) is 0 Å². The average molecular weight is 296 g/mol. The standard InChI is InChI=1S/C18H37N3/c1-6-9-19-17-12-14(2)11-15(3)18(17)21(5)13-16-8-7-10-20(16)4/h14-19H,6-13H2,1-5H3. The first kappa shape index (κ1) is 17.2. The molecule has 2 fully saturated rings. The minimum absolute atomic E-state index is 0.681. The van der Waals surface area contributed by atoms with E-state index in [1.54, 1.807) is 0 Å². The van der Waals surface area contributed by atoms with Gasteiger partial charge in [-0.25, -0.2) is 0 Å². The molecule has 5 atom stereocenters. The Labute approximate surface area is 132 Å². The Morgan fingerprint density at radius 3 is 2.62 bits per heavy atom. The molecule has 0 spiro atoms. The molecule has 0 aromatic carbocycles. The first-order valence-electron chi connectivity index (χ1n) is 9.16. The van der Waals surface area contributed by atoms with Crippen molar-refractivity contribution in [3.63, 3.8) is 0 Å². The summed E-state index contributed by atoms with van der Waals surface area (Å²) in [6, 6.07) is 2.16. The predicted octanol–water partition coefficient (Wildman–Crippen LogP) is 2.82. The smallest absolute Gasteiger partial charge is 0.0272 e. The lowest BCUT2D eigenvalue weighted by Crippen LogP contribution is -2.57. The van der Waals surface area contributed by atoms with Crippen molar-refractivity contribution in [1.82, 2.24) is 15.1 Å². The molecule has 0 bridgehead atoms. The SMILES string of the molecule is CCCNC1CC(C)CC(C)C1N(C)CC1CCCN1C. The molecule has 1 aliphatic heterocycles. The topological polar surface area (TPSA) is 18.5 Å². The van der Waals surface area contributed by atoms with Crippen molar-refractivity contribution < 1.29 is 0 Å². The summed E-state index contributed by atoms with van der Waals surface area (Å²) in [4.78, 5) is 5.23. The highest BCUT2D eigenvalue weighted by Gasteiger charge is 2.37. The zero-order valence-electron chi connectivity index (χ0n) is 14.9. The summed E-state index contributed by atoms with van der Waals surface area (Å²) in [6.45, 7) is 10.9. The van der Waals surface area contributed by atoms with Crippen molar-refractivity contribution in [3.05, 3.63) is 0 Å². The highest BCUT2D eigenvalue weighted by Crippen LogP contribution is 2.32. The van der Waals surface area contributed by atoms with E-state index in [9.17, 15) is 0 Å². The Kier molecular flexibility index (Phi) is 6.51. The fourth-order valence-electron chi connectivity index (χ4n) is 4.78. The van der Waals surface area contributed by atoms with Crippen LogP contribution in [0.1, 0.15) is 52.9 Å². The highest BCUT2D eigenvalue weighted by atomic mass is 15.2. The fourth-order valence-corrected chi connectivity index (χ4v) is 4.78. The molecule has 1 aliphatic carbocycles. The van der Waals surface area contributed by atoms with Gasteiger partial charge in [0.15, 0.2) is 0 Å². The summed E-state index contributed by atoms with van der Waals surface area (Å²) in [6.07, 6.45) is 6.73. The Bertz CT molecular complexity index is 307. The third kappa shape index (κ3) is 4.43. The van der Waals surface area contributed by atoms with Gasteiger partial charge in [0.1, 0.15) is 0 Å². The molecule has 2 aliphatic rings. The Balaban J connectivity index is 1.97. The van der Waals surface area contributed by atoms with Crippen molar-refractivity contribution >= 4 is 0 Å². The molecule has 0 radical (unpaired) electrons. The van der Waals surface area contributed by atoms with Crippen LogP contribution in [0, 0.1) is 11.8 Å². The van der Waals surface area contributed by atoms with Crippen molar-refractivity contribution in [3.8, 4) is 0 Å². The van der Waals surface area contributed by atoms with Crippen LogP contribution < -0.4 is 5.32 Å². The number of nitrogens with one attached hydrogen (secondary N) is 1. The van der Waals surface area contributed by atoms with Crippen molar-refractivity contribution in [2.45, 2.75) is 71.0 Å². The van der Waals surface area contributed by atoms with E-state index >= 15 is 0 Å². The van der Waals surface area contributed by atoms with Gasteiger partial charge in [-0.05, 0) is 71.1 Å². The van der Waals surface area contributed by atoms with Gasteiger partial charge in [0.25, 0.3) is 0 Å². The highest BCUT2D eigenvalue weighted by molar-refractivity contribution is 4.94. The first-order chi connectivity index (χ1) is 10.0. The fraction of sp³-hybridized carbons (Fsp3) is 1.00. The van der Waals surface area contributed by atoms with Crippen LogP contribution in [-0.2, 0) is 0 Å². The minimum Gasteiger partial charge on any atom is -0.312 e. The van der Waals surface area contributed by atoms with Crippen LogP contribution in [0.25, 0.3) is 0 Å². The molecule has 3 nitrogen and oxygen atoms in total. The summed E-state index contributed by atoms with van der Waals surface area (Å²) >= 11 is 0. The van der Waals surface area contributed by atoms with Gasteiger partial charge < -0.3 is 15.1 Å². The first-order valence-corrected chi connectivity index (χ1v) is 9.16. The number of nitrogens with zero attached hydrogens (tertiary/aromatic N) is 2. The third-order valence-electron chi connectivity index (χ3n) is 5.76. The van der Waals surface area contributed by atoms with Gasteiger partial charge >= 0.3 is 0 Å². The van der Waals surface area contributed by atoms with Crippen LogP contribution >= 0.6 is 0 Å². The van der Waals surface area contributed by atoms with E-state index in [1.807, 2.05) is 0 Å². The molecule has 21 heavy (non-hydrogen) atoms. The van der Waals surface area contributed by atoms with E-state index in [0.29, 0.717) is 12.1 Å². The lowest BCUT2D eigenvalue weighted by Gasteiger charge is -2.46. The zero-order chi connectivity index (χ0) is 15.4. The quantitative estimate of drug-likeness (QED) is 0.813. The maximum absolute atomic E-state index is 3.84. The van der Waals surface area contributed by atoms with Crippen molar-refractivity contribution in [1.29, 1.82) is 0 Å². The van der Waals surface area contributed by atoms with E-state index in [-0.39, 0.29) is 0 Å². The second-order valence-corrected chi connectivity index (χ2v) is 7.82. The number of hydrogen-bond acceptors (Lipinski definition) is 3. The van der Waals surface area contributed by atoms with E-state index in [2.05, 4.69) is 50.0 Å². The molecule has 1 saturated carbocycles. The van der Waals surface area contributed by atoms with Crippen molar-refractivity contribution in [2.24, 2.45) is 11.8 Å². The van der Waals surface area contributed by atoms with Crippen LogP contribution in [0.2, 0.25) is 0 Å². The Morgan fingerprint density at radius 1 is 1.24 bits per heavy atom. The molecule has 2 rings (SSSR count). The van der Waals surface area contributed by atoms with Crippen LogP contribution in [-0.4, -0.2) is 61.7 Å². The summed E-state index contributed by atoms with van der Waals surface area (Å²) in [7, 11) is 4.66. The van der Waals surface area contributed by atoms with E-state index < -0.39 is 0 Å². The van der Waals surface area contributed by atoms with Crippen LogP contribution in [0.4, 0.5) is 0 Å². The van der Waals surface area contributed by atoms with Gasteiger partial charge in [-0.15, -0.1) is 0 Å². The summed E-state index contributed by atoms with van der Waals surface area (Å²) in [5.41, 5.74) is 0. The number of rotatable bonds is 6. The zero-order valence-corrected chi connectivity index (χ0v) is 14.9. The molecule has 0 amide bonds. The number of likely N-dealkylation sites (N-methyl/N-ethyl adjacent to an activating group) is 2. The maximum Gasteiger partial charge on any atom is 0.0272 e. The second kappa shape index (κ2) is 7.94. The van der Waals surface area contributed by atoms with Crippen LogP contribution in [0.15, 0.2) is 0 Å². The van der Waals surface area contributed by atoms with Gasteiger partial charge in [0.2, 0.25) is 0 Å². The molecule has 3 heteroatoms. The molecule has 0 aromatic heterocycles. The lowest BCUT2D eigenvalue weighted by molar-refractivity contribution is 0.0648. The summed E-state index contributed by atoms with van der Waals surface area (Å²) < 4.78 is 0. The number of likely N-dealkylation sites (tertiary alicyclic amines) is 1. The van der Waals surface area contributed by atoms with Crippen LogP contribution in [0.5, 0.6) is 0 Å². The van der Waals surface area contributed by atoms with E-state index in [4.69, 9.17) is 0 Å². The van der Waals surface area contributed by atoms with Gasteiger partial charge in [-0.1, -0.05) is 20.8 Å². The average Bonchev–Trinajstić information content (AvgIpc) is 2.81. The normalized spacial score (nSPS) is 38.3. The van der Waals surface area contributed by atoms with Crippen molar-refractivity contribution in [2.75, 3.05) is 33.7 Å². The van der Waals surface area contributed by atoms with E-state index in [0.717, 1.165) is 24.4 Å². The van der Waals surface area contributed by atoms with Gasteiger partial charge in [0, 0.05) is 24.7 Å². The monoisotopic (exact) mass is 295 g/mol. The lowest BCUT2D eigenvalue weighted by atomic mass is 9.75. The minimum atomic E-state index is 0.681. The maximum atomic E-state index is 3.84. The predicted molar refractivity (Wildman–Crippen MR) is 91.7 cm³/mol.